The second-order valence-corrected chi connectivity index (χ2v) is 5.22. The lowest BCUT2D eigenvalue weighted by Gasteiger charge is -2.28. The third kappa shape index (κ3) is 4.10. The molecule has 16 heavy (non-hydrogen) atoms. The molecule has 4 heteroatoms. The number of carbonyl (C=O) groups excluding carboxylic acids is 1. The lowest BCUT2D eigenvalue weighted by Crippen LogP contribution is -2.45. The Bertz CT molecular complexity index is 235. The molecule has 0 aromatic heterocycles. The number of likely N-dealkylation sites (N-methyl/N-ethyl adjacent to an activating group) is 1. The monoisotopic (exact) mass is 228 g/mol. The molecule has 1 saturated carbocycles. The van der Waals surface area contributed by atoms with E-state index in [1.165, 1.54) is 0 Å². The molecule has 0 aromatic rings. The molecule has 1 aliphatic carbocycles. The van der Waals surface area contributed by atoms with Crippen LogP contribution in [0.2, 0.25) is 0 Å². The van der Waals surface area contributed by atoms with Crippen LogP contribution in [0.1, 0.15) is 39.5 Å². The molecule has 4 nitrogen and oxygen atoms in total. The van der Waals surface area contributed by atoms with Gasteiger partial charge < -0.3 is 15.3 Å². The van der Waals surface area contributed by atoms with Gasteiger partial charge in [-0.05, 0) is 12.8 Å². The van der Waals surface area contributed by atoms with Gasteiger partial charge in [-0.15, -0.1) is 0 Å². The number of amides is 1. The van der Waals surface area contributed by atoms with Gasteiger partial charge in [-0.1, -0.05) is 26.7 Å². The third-order valence-electron chi connectivity index (χ3n) is 3.15. The molecule has 1 rings (SSSR count). The molecular formula is C12H24N2O2. The van der Waals surface area contributed by atoms with Crippen LogP contribution in [0, 0.1) is 0 Å². The average molecular weight is 228 g/mol. The van der Waals surface area contributed by atoms with Gasteiger partial charge >= 0.3 is 0 Å². The minimum atomic E-state index is -0.637. The summed E-state index contributed by atoms with van der Waals surface area (Å²) in [6.45, 7) is 4.84. The van der Waals surface area contributed by atoms with Crippen LogP contribution in [0.25, 0.3) is 0 Å². The Hall–Kier alpha value is -0.610. The first-order valence-corrected chi connectivity index (χ1v) is 6.13. The van der Waals surface area contributed by atoms with E-state index in [1.54, 1.807) is 11.9 Å². The van der Waals surface area contributed by atoms with Gasteiger partial charge in [0.25, 0.3) is 0 Å². The maximum absolute atomic E-state index is 11.7. The number of nitrogens with zero attached hydrogens (tertiary/aromatic N) is 1. The standard InChI is InChI=1S/C12H24N2O2/c1-10(2)13-8-11(15)14(3)9-12(16)6-4-5-7-12/h10,13,16H,4-9H2,1-3H3. The van der Waals surface area contributed by atoms with Crippen molar-refractivity contribution in [3.63, 3.8) is 0 Å². The van der Waals surface area contributed by atoms with Gasteiger partial charge in [-0.3, -0.25) is 4.79 Å². The summed E-state index contributed by atoms with van der Waals surface area (Å²) in [5.74, 6) is 0.0500. The Morgan fingerprint density at radius 2 is 2.00 bits per heavy atom. The van der Waals surface area contributed by atoms with E-state index in [-0.39, 0.29) is 5.91 Å². The number of nitrogens with one attached hydrogen (secondary N) is 1. The lowest BCUT2D eigenvalue weighted by atomic mass is 10.0. The highest BCUT2D eigenvalue weighted by Gasteiger charge is 2.33. The van der Waals surface area contributed by atoms with E-state index >= 15 is 0 Å². The number of hydrogen-bond acceptors (Lipinski definition) is 3. The quantitative estimate of drug-likeness (QED) is 0.730. The molecule has 2 N–H and O–H groups in total. The summed E-state index contributed by atoms with van der Waals surface area (Å²) in [7, 11) is 1.76. The average Bonchev–Trinajstić information content (AvgIpc) is 2.61. The van der Waals surface area contributed by atoms with Crippen molar-refractivity contribution in [3.05, 3.63) is 0 Å². The molecule has 1 fully saturated rings. The number of aliphatic hydroxyl groups is 1. The van der Waals surface area contributed by atoms with Crippen molar-refractivity contribution in [2.45, 2.75) is 51.2 Å². The van der Waals surface area contributed by atoms with E-state index in [4.69, 9.17) is 0 Å². The van der Waals surface area contributed by atoms with Crippen molar-refractivity contribution < 1.29 is 9.90 Å². The highest BCUT2D eigenvalue weighted by atomic mass is 16.3. The summed E-state index contributed by atoms with van der Waals surface area (Å²) in [4.78, 5) is 13.4. The summed E-state index contributed by atoms with van der Waals surface area (Å²) in [6.07, 6.45) is 3.79. The minimum Gasteiger partial charge on any atom is -0.388 e. The predicted octanol–water partition coefficient (Wildman–Crippen LogP) is 0.748. The fourth-order valence-corrected chi connectivity index (χ4v) is 2.15. The molecule has 0 bridgehead atoms. The first-order valence-electron chi connectivity index (χ1n) is 6.13. The second-order valence-electron chi connectivity index (χ2n) is 5.22. The second kappa shape index (κ2) is 5.64. The van der Waals surface area contributed by atoms with Crippen molar-refractivity contribution in [1.82, 2.24) is 10.2 Å². The molecule has 1 aliphatic rings. The van der Waals surface area contributed by atoms with Crippen LogP contribution in [0.3, 0.4) is 0 Å². The van der Waals surface area contributed by atoms with Crippen molar-refractivity contribution in [2.75, 3.05) is 20.1 Å². The first-order chi connectivity index (χ1) is 7.43. The van der Waals surface area contributed by atoms with Gasteiger partial charge in [-0.25, -0.2) is 0 Å². The predicted molar refractivity (Wildman–Crippen MR) is 64.2 cm³/mol. The maximum atomic E-state index is 11.7. The van der Waals surface area contributed by atoms with Gasteiger partial charge in [0, 0.05) is 19.6 Å². The fourth-order valence-electron chi connectivity index (χ4n) is 2.15. The van der Waals surface area contributed by atoms with E-state index in [0.29, 0.717) is 19.1 Å². The summed E-state index contributed by atoms with van der Waals surface area (Å²) in [5.41, 5.74) is -0.637. The molecule has 0 aromatic carbocycles. The maximum Gasteiger partial charge on any atom is 0.236 e. The zero-order chi connectivity index (χ0) is 12.2. The molecule has 0 saturated heterocycles. The zero-order valence-corrected chi connectivity index (χ0v) is 10.6. The van der Waals surface area contributed by atoms with Crippen LogP contribution in [0.5, 0.6) is 0 Å². The summed E-state index contributed by atoms with van der Waals surface area (Å²) < 4.78 is 0. The number of rotatable bonds is 5. The van der Waals surface area contributed by atoms with Crippen LogP contribution in [-0.4, -0.2) is 47.7 Å². The number of carbonyl (C=O) groups is 1. The summed E-state index contributed by atoms with van der Waals surface area (Å²) in [6, 6.07) is 0.312. The van der Waals surface area contributed by atoms with E-state index in [0.717, 1.165) is 25.7 Å². The molecule has 0 radical (unpaired) electrons. The Kier molecular flexibility index (Phi) is 4.74. The van der Waals surface area contributed by atoms with E-state index in [2.05, 4.69) is 5.32 Å². The van der Waals surface area contributed by atoms with Gasteiger partial charge in [0.15, 0.2) is 0 Å². The minimum absolute atomic E-state index is 0.0500. The molecule has 94 valence electrons. The fraction of sp³-hybridized carbons (Fsp3) is 0.917. The first kappa shape index (κ1) is 13.5. The smallest absolute Gasteiger partial charge is 0.236 e. The third-order valence-corrected chi connectivity index (χ3v) is 3.15. The normalized spacial score (nSPS) is 19.1. The van der Waals surface area contributed by atoms with Crippen LogP contribution < -0.4 is 5.32 Å². The molecule has 0 atom stereocenters. The highest BCUT2D eigenvalue weighted by molar-refractivity contribution is 5.78. The van der Waals surface area contributed by atoms with Crippen LogP contribution in [0.4, 0.5) is 0 Å². The Morgan fingerprint density at radius 3 is 2.50 bits per heavy atom. The van der Waals surface area contributed by atoms with Crippen LogP contribution in [0.15, 0.2) is 0 Å². The molecule has 0 spiro atoms. The lowest BCUT2D eigenvalue weighted by molar-refractivity contribution is -0.132. The van der Waals surface area contributed by atoms with Gasteiger partial charge in [0.05, 0.1) is 12.1 Å². The zero-order valence-electron chi connectivity index (χ0n) is 10.6. The van der Waals surface area contributed by atoms with Crippen LogP contribution >= 0.6 is 0 Å². The molecular weight excluding hydrogens is 204 g/mol. The Balaban J connectivity index is 2.33. The van der Waals surface area contributed by atoms with Crippen molar-refractivity contribution in [1.29, 1.82) is 0 Å². The highest BCUT2D eigenvalue weighted by Crippen LogP contribution is 2.29. The van der Waals surface area contributed by atoms with Gasteiger partial charge in [0.1, 0.15) is 0 Å². The Morgan fingerprint density at radius 1 is 1.44 bits per heavy atom. The van der Waals surface area contributed by atoms with Crippen LogP contribution in [-0.2, 0) is 4.79 Å². The van der Waals surface area contributed by atoms with E-state index in [9.17, 15) is 9.90 Å². The van der Waals surface area contributed by atoms with Crippen molar-refractivity contribution >= 4 is 5.91 Å². The summed E-state index contributed by atoms with van der Waals surface area (Å²) >= 11 is 0. The SMILES string of the molecule is CC(C)NCC(=O)N(C)CC1(O)CCCC1. The van der Waals surface area contributed by atoms with Crippen molar-refractivity contribution in [2.24, 2.45) is 0 Å². The molecule has 0 unspecified atom stereocenters. The van der Waals surface area contributed by atoms with Crippen molar-refractivity contribution in [3.8, 4) is 0 Å². The molecule has 0 heterocycles. The van der Waals surface area contributed by atoms with Gasteiger partial charge in [-0.2, -0.15) is 0 Å². The number of hydrogen-bond donors (Lipinski definition) is 2. The Labute approximate surface area is 98.0 Å². The summed E-state index contributed by atoms with van der Waals surface area (Å²) in [5, 5.41) is 13.3. The topological polar surface area (TPSA) is 52.6 Å². The molecule has 1 amide bonds. The van der Waals surface area contributed by atoms with E-state index < -0.39 is 5.60 Å². The molecule has 0 aliphatic heterocycles. The largest absolute Gasteiger partial charge is 0.388 e. The van der Waals surface area contributed by atoms with E-state index in [1.807, 2.05) is 13.8 Å². The van der Waals surface area contributed by atoms with Gasteiger partial charge in [0.2, 0.25) is 5.91 Å².